The van der Waals surface area contributed by atoms with E-state index in [2.05, 4.69) is 27.6 Å². The molecule has 1 aromatic heterocycles. The first kappa shape index (κ1) is 19.3. The fourth-order valence-corrected chi connectivity index (χ4v) is 3.91. The predicted molar refractivity (Wildman–Crippen MR) is 110 cm³/mol. The van der Waals surface area contributed by atoms with Crippen LogP contribution in [0.3, 0.4) is 0 Å². The number of nitrogens with zero attached hydrogens (tertiary/aromatic N) is 3. The zero-order valence-corrected chi connectivity index (χ0v) is 17.1. The number of aryl methyl sites for hydroxylation is 1. The number of carbonyl (C=O) groups is 1. The average Bonchev–Trinajstić information content (AvgIpc) is 3.34. The minimum absolute atomic E-state index is 0.0559. The zero-order valence-electron chi connectivity index (χ0n) is 16.3. The number of carbonyl (C=O) groups excluding carboxylic acids is 1. The Hall–Kier alpha value is -3.00. The molecule has 29 heavy (non-hydrogen) atoms. The molecule has 2 aromatic carbocycles. The van der Waals surface area contributed by atoms with Crippen molar-refractivity contribution < 1.29 is 14.3 Å². The van der Waals surface area contributed by atoms with Gasteiger partial charge in [-0.3, -0.25) is 4.79 Å². The molecule has 1 amide bonds. The smallest absolute Gasteiger partial charge is 0.233 e. The summed E-state index contributed by atoms with van der Waals surface area (Å²) in [5.74, 6) is 2.21. The molecular formula is C21H22N4O3S. The SMILES string of the molecule is Cc1nnc(SC(C)C(=O)NCc2ccc3c(c2)OCO3)n1Cc1ccccc1. The van der Waals surface area contributed by atoms with Crippen LogP contribution in [-0.2, 0) is 17.9 Å². The molecule has 0 aliphatic carbocycles. The number of aromatic nitrogens is 3. The van der Waals surface area contributed by atoms with Gasteiger partial charge in [-0.1, -0.05) is 48.2 Å². The summed E-state index contributed by atoms with van der Waals surface area (Å²) in [5.41, 5.74) is 2.13. The van der Waals surface area contributed by atoms with Gasteiger partial charge in [0.1, 0.15) is 5.82 Å². The standard InChI is InChI=1S/C21H22N4O3S/c1-14(20(26)22-11-17-8-9-18-19(10-17)28-13-27-18)29-21-24-23-15(2)25(21)12-16-6-4-3-5-7-16/h3-10,14H,11-13H2,1-2H3,(H,22,26). The third-order valence-electron chi connectivity index (χ3n) is 4.64. The maximum absolute atomic E-state index is 12.6. The minimum atomic E-state index is -0.304. The van der Waals surface area contributed by atoms with Crippen LogP contribution in [0.4, 0.5) is 0 Å². The Labute approximate surface area is 173 Å². The van der Waals surface area contributed by atoms with E-state index >= 15 is 0 Å². The highest BCUT2D eigenvalue weighted by atomic mass is 32.2. The molecule has 150 valence electrons. The van der Waals surface area contributed by atoms with Crippen LogP contribution in [0.5, 0.6) is 11.5 Å². The van der Waals surface area contributed by atoms with Crippen molar-refractivity contribution in [1.82, 2.24) is 20.1 Å². The van der Waals surface area contributed by atoms with Crippen LogP contribution >= 0.6 is 11.8 Å². The molecule has 7 nitrogen and oxygen atoms in total. The topological polar surface area (TPSA) is 78.3 Å². The van der Waals surface area contributed by atoms with E-state index in [0.717, 1.165) is 27.9 Å². The Morgan fingerprint density at radius 1 is 1.14 bits per heavy atom. The number of hydrogen-bond acceptors (Lipinski definition) is 6. The second-order valence-electron chi connectivity index (χ2n) is 6.77. The summed E-state index contributed by atoms with van der Waals surface area (Å²) in [6.45, 7) is 5.13. The lowest BCUT2D eigenvalue weighted by molar-refractivity contribution is -0.120. The largest absolute Gasteiger partial charge is 0.454 e. The van der Waals surface area contributed by atoms with E-state index in [9.17, 15) is 4.79 Å². The highest BCUT2D eigenvalue weighted by Crippen LogP contribution is 2.32. The first-order valence-electron chi connectivity index (χ1n) is 9.37. The first-order valence-corrected chi connectivity index (χ1v) is 10.2. The summed E-state index contributed by atoms with van der Waals surface area (Å²) in [5, 5.41) is 11.8. The first-order chi connectivity index (χ1) is 14.1. The molecule has 1 N–H and O–H groups in total. The predicted octanol–water partition coefficient (Wildman–Crippen LogP) is 3.16. The van der Waals surface area contributed by atoms with Crippen molar-refractivity contribution in [1.29, 1.82) is 0 Å². The number of ether oxygens (including phenoxy) is 2. The monoisotopic (exact) mass is 410 g/mol. The van der Waals surface area contributed by atoms with Crippen LogP contribution in [0.1, 0.15) is 23.9 Å². The van der Waals surface area contributed by atoms with Crippen molar-refractivity contribution in [2.45, 2.75) is 37.3 Å². The van der Waals surface area contributed by atoms with Crippen LogP contribution in [0.25, 0.3) is 0 Å². The number of thioether (sulfide) groups is 1. The summed E-state index contributed by atoms with van der Waals surface area (Å²) in [6.07, 6.45) is 0. The van der Waals surface area contributed by atoms with Crippen molar-refractivity contribution in [3.05, 3.63) is 65.5 Å². The van der Waals surface area contributed by atoms with Gasteiger partial charge in [-0.2, -0.15) is 0 Å². The minimum Gasteiger partial charge on any atom is -0.454 e. The van der Waals surface area contributed by atoms with E-state index in [0.29, 0.717) is 18.8 Å². The summed E-state index contributed by atoms with van der Waals surface area (Å²) >= 11 is 1.41. The maximum Gasteiger partial charge on any atom is 0.233 e. The molecule has 8 heteroatoms. The molecule has 0 bridgehead atoms. The number of nitrogens with one attached hydrogen (secondary N) is 1. The lowest BCUT2D eigenvalue weighted by atomic mass is 10.2. The summed E-state index contributed by atoms with van der Waals surface area (Å²) in [4.78, 5) is 12.6. The third kappa shape index (κ3) is 4.54. The number of fused-ring (bicyclic) bond motifs is 1. The molecule has 0 saturated carbocycles. The van der Waals surface area contributed by atoms with Crippen LogP contribution in [0, 0.1) is 6.92 Å². The highest BCUT2D eigenvalue weighted by Gasteiger charge is 2.20. The van der Waals surface area contributed by atoms with Crippen LogP contribution in [0.2, 0.25) is 0 Å². The Morgan fingerprint density at radius 3 is 2.76 bits per heavy atom. The van der Waals surface area contributed by atoms with E-state index in [4.69, 9.17) is 9.47 Å². The van der Waals surface area contributed by atoms with Gasteiger partial charge in [-0.15, -0.1) is 10.2 Å². The lowest BCUT2D eigenvalue weighted by Gasteiger charge is -2.13. The van der Waals surface area contributed by atoms with E-state index in [1.165, 1.54) is 11.8 Å². The van der Waals surface area contributed by atoms with E-state index < -0.39 is 0 Å². The van der Waals surface area contributed by atoms with Gasteiger partial charge in [-0.05, 0) is 37.1 Å². The molecule has 2 heterocycles. The molecule has 1 atom stereocenters. The van der Waals surface area contributed by atoms with Crippen LogP contribution in [-0.4, -0.2) is 32.7 Å². The Kier molecular flexibility index (Phi) is 5.71. The van der Waals surface area contributed by atoms with E-state index in [1.807, 2.05) is 54.8 Å². The Balaban J connectivity index is 1.36. The van der Waals surface area contributed by atoms with Gasteiger partial charge in [0.2, 0.25) is 12.7 Å². The quantitative estimate of drug-likeness (QED) is 0.603. The summed E-state index contributed by atoms with van der Waals surface area (Å²) in [6, 6.07) is 15.8. The molecule has 1 aliphatic rings. The number of rotatable bonds is 7. The van der Waals surface area contributed by atoms with Crippen molar-refractivity contribution in [2.24, 2.45) is 0 Å². The molecule has 0 spiro atoms. The molecule has 1 aliphatic heterocycles. The van der Waals surface area contributed by atoms with Gasteiger partial charge in [0.25, 0.3) is 0 Å². The van der Waals surface area contributed by atoms with Crippen molar-refractivity contribution in [2.75, 3.05) is 6.79 Å². The summed E-state index contributed by atoms with van der Waals surface area (Å²) in [7, 11) is 0. The zero-order chi connectivity index (χ0) is 20.2. The maximum atomic E-state index is 12.6. The van der Waals surface area contributed by atoms with E-state index in [1.54, 1.807) is 0 Å². The lowest BCUT2D eigenvalue weighted by Crippen LogP contribution is -2.30. The Morgan fingerprint density at radius 2 is 1.93 bits per heavy atom. The molecule has 4 rings (SSSR count). The molecule has 0 fully saturated rings. The fourth-order valence-electron chi connectivity index (χ4n) is 2.99. The van der Waals surface area contributed by atoms with Gasteiger partial charge in [-0.25, -0.2) is 0 Å². The molecule has 0 saturated heterocycles. The second kappa shape index (κ2) is 8.57. The highest BCUT2D eigenvalue weighted by molar-refractivity contribution is 8.00. The molecule has 3 aromatic rings. The van der Waals surface area contributed by atoms with Crippen molar-refractivity contribution in [3.63, 3.8) is 0 Å². The van der Waals surface area contributed by atoms with Gasteiger partial charge in [0.05, 0.1) is 11.8 Å². The van der Waals surface area contributed by atoms with E-state index in [-0.39, 0.29) is 18.0 Å². The normalized spacial score (nSPS) is 13.3. The third-order valence-corrected chi connectivity index (χ3v) is 5.72. The van der Waals surface area contributed by atoms with Gasteiger partial charge < -0.3 is 19.4 Å². The molecule has 0 radical (unpaired) electrons. The van der Waals surface area contributed by atoms with Gasteiger partial charge >= 0.3 is 0 Å². The molecule has 1 unspecified atom stereocenters. The number of amides is 1. The van der Waals surface area contributed by atoms with Crippen molar-refractivity contribution in [3.8, 4) is 11.5 Å². The number of benzene rings is 2. The Bertz CT molecular complexity index is 1010. The van der Waals surface area contributed by atoms with Crippen LogP contribution < -0.4 is 14.8 Å². The summed E-state index contributed by atoms with van der Waals surface area (Å²) < 4.78 is 12.7. The second-order valence-corrected chi connectivity index (χ2v) is 8.07. The fraction of sp³-hybridized carbons (Fsp3) is 0.286. The van der Waals surface area contributed by atoms with Crippen molar-refractivity contribution >= 4 is 17.7 Å². The van der Waals surface area contributed by atoms with Gasteiger partial charge in [0.15, 0.2) is 16.7 Å². The van der Waals surface area contributed by atoms with Crippen LogP contribution in [0.15, 0.2) is 53.7 Å². The molecular weight excluding hydrogens is 388 g/mol. The number of hydrogen-bond donors (Lipinski definition) is 1. The average molecular weight is 410 g/mol. The van der Waals surface area contributed by atoms with Gasteiger partial charge in [0, 0.05) is 6.54 Å².